The quantitative estimate of drug-likeness (QED) is 0.260. The molecule has 0 saturated carbocycles. The summed E-state index contributed by atoms with van der Waals surface area (Å²) in [5.74, 6) is 0. The minimum absolute atomic E-state index is 0.0868. The number of hydrogen-bond donors (Lipinski definition) is 1. The Balaban J connectivity index is -0.0000000260. The molecule has 1 nitrogen and oxygen atoms in total. The fraction of sp³-hybridized carbons (Fsp3) is 1.00. The van der Waals surface area contributed by atoms with E-state index in [1.165, 1.54) is 0 Å². The van der Waals surface area contributed by atoms with Crippen LogP contribution in [-0.2, 0) is 0 Å². The van der Waals surface area contributed by atoms with Crippen molar-refractivity contribution < 1.29 is 5.11 Å². The lowest BCUT2D eigenvalue weighted by Gasteiger charge is -2.05. The molecule has 91 heteroatoms. The maximum Gasteiger partial charge on any atom is 0.192 e. The summed E-state index contributed by atoms with van der Waals surface area (Å²) >= 11 is 434. The summed E-state index contributed by atoms with van der Waals surface area (Å²) in [4.78, 5) is 0. The molecule has 0 rings (SSSR count). The maximum absolute atomic E-state index is 8.15. The van der Waals surface area contributed by atoms with Crippen molar-refractivity contribution in [2.45, 2.75) is 135 Å². The van der Waals surface area contributed by atoms with Gasteiger partial charge in [-0.15, -0.1) is 0 Å². The van der Waals surface area contributed by atoms with Crippen LogP contribution in [-0.4, -0.2) is 140 Å². The van der Waals surface area contributed by atoms with E-state index in [2.05, 4.69) is 0 Å². The first-order valence-electron chi connectivity index (χ1n) is 20.7. The smallest absolute Gasteiger partial charge is 0.192 e. The summed E-state index contributed by atoms with van der Waals surface area (Å²) in [5, 5.41) is 8.15. The molecule has 123 heavy (non-hydrogen) atoms. The van der Waals surface area contributed by atoms with Crippen LogP contribution in [0.25, 0.3) is 0 Å². The fourth-order valence-corrected chi connectivity index (χ4v) is 0.380. The zero-order valence-electron chi connectivity index (χ0n) is 53.1. The highest BCUT2D eigenvalue weighted by atomic mass is 35.7. The molecule has 0 aromatic carbocycles. The summed E-state index contributed by atoms with van der Waals surface area (Å²) < 4.78 is -23.0. The predicted octanol–water partition coefficient (Wildman–Crippen LogP) is 59.3. The molecule has 0 heterocycles. The van der Waals surface area contributed by atoms with Crippen LogP contribution < -0.4 is 0 Å². The van der Waals surface area contributed by atoms with Gasteiger partial charge >= 0.3 is 0 Å². The van der Waals surface area contributed by atoms with Gasteiger partial charge in [-0.2, -0.15) is 0 Å². The van der Waals surface area contributed by atoms with Crippen molar-refractivity contribution in [3.05, 3.63) is 0 Å². The Kier molecular flexibility index (Phi) is 409. The molecular weight excluding hydrogens is 3590 g/mol. The lowest BCUT2D eigenvalue weighted by atomic mass is 10.5. The zero-order chi connectivity index (χ0) is 110. The van der Waals surface area contributed by atoms with Gasteiger partial charge in [0.05, 0.1) is 0 Å². The molecule has 0 aromatic rings. The number of hydrogen-bond acceptors (Lipinski definition) is 1. The van der Waals surface area contributed by atoms with Gasteiger partial charge in [-0.25, -0.2) is 0 Å². The largest absolute Gasteiger partial charge is 0.396 e. The summed E-state index contributed by atoms with van der Waals surface area (Å²) in [6, 6.07) is 0. The van der Waals surface area contributed by atoms with E-state index in [9.17, 15) is 0 Å². The van der Waals surface area contributed by atoms with Crippen LogP contribution in [0.3, 0.4) is 0 Å². The second kappa shape index (κ2) is 218. The highest BCUT2D eigenvalue weighted by Crippen LogP contribution is 2.29. The number of rotatable bonds is 1. The zero-order valence-corrected chi connectivity index (χ0v) is 121. The van der Waals surface area contributed by atoms with Gasteiger partial charge in [0.25, 0.3) is 0 Å². The van der Waals surface area contributed by atoms with E-state index >= 15 is 0 Å². The molecule has 0 bridgehead atoms. The third kappa shape index (κ3) is 3500. The first-order valence-corrected chi connectivity index (χ1v) is 59.8. The normalized spacial score (nSPS) is 9.17. The van der Waals surface area contributed by atoms with Gasteiger partial charge in [0.15, 0.2) is 128 Å². The molecule has 0 amide bonds. The number of aliphatic hydroxyl groups excluding tert-OH is 1. The molecule has 0 radical (unpaired) electrons. The van der Waals surface area contributed by atoms with Gasteiger partial charge in [0.2, 0.25) is 0 Å². The molecule has 0 spiro atoms. The molecule has 0 aromatic heterocycles. The van der Waals surface area contributed by atoms with E-state index in [-0.39, 0.29) is 13.0 Å². The third-order valence-corrected chi connectivity index (χ3v) is 0.962. The van der Waals surface area contributed by atoms with Gasteiger partial charge in [0, 0.05) is 13.0 Å². The first-order chi connectivity index (χ1) is 53.3. The second-order valence-electron chi connectivity index (χ2n) is 8.26. The molecule has 0 aliphatic heterocycles. The van der Waals surface area contributed by atoms with Crippen LogP contribution in [0.15, 0.2) is 0 Å². The van der Waals surface area contributed by atoms with E-state index in [1.807, 2.05) is 0 Å². The van der Waals surface area contributed by atoms with Gasteiger partial charge in [0.1, 0.15) is 0 Å². The molecule has 0 fully saturated rings. The van der Waals surface area contributed by atoms with Crippen molar-refractivity contribution >= 4 is 1040 Å². The highest BCUT2D eigenvalue weighted by Gasteiger charge is 2.17. The van der Waals surface area contributed by atoms with Crippen molar-refractivity contribution in [1.29, 1.82) is 0 Å². The van der Waals surface area contributed by atoms with Crippen LogP contribution in [0, 0.1) is 0 Å². The summed E-state index contributed by atoms with van der Waals surface area (Å²) in [6.45, 7) is -0.0868. The lowest BCUT2D eigenvalue weighted by molar-refractivity contribution is 0.290. The fourth-order valence-electron chi connectivity index (χ4n) is 0.127. The van der Waals surface area contributed by atoms with Crippen molar-refractivity contribution in [1.82, 2.24) is 0 Å². The van der Waals surface area contributed by atoms with E-state index in [0.717, 1.165) is 0 Å². The Morgan fingerprint density at radius 2 is 0.122 bits per heavy atom. The molecule has 0 unspecified atom stereocenters. The topological polar surface area (TPSA) is 20.2 Å². The highest BCUT2D eigenvalue weighted by molar-refractivity contribution is 6.74. The van der Waals surface area contributed by atoms with Crippen LogP contribution in [0.1, 0.15) is 6.42 Å². The minimum Gasteiger partial charge on any atom is -0.396 e. The number of alkyl halides is 90. The molecule has 798 valence electrons. The Hall–Kier alpha value is 26.1. The minimum atomic E-state index is -1.28. The van der Waals surface area contributed by atoms with E-state index in [4.69, 9.17) is 1050 Å². The summed E-state index contributed by atoms with van der Waals surface area (Å²) in [6.07, 6.45) is 0.192. The molecule has 0 atom stereocenters. The number of aliphatic hydroxyl groups is 1. The van der Waals surface area contributed by atoms with E-state index < -0.39 is 128 Å². The standard InChI is InChI=1S/C3H5Cl3O.29CHCl3/c4-3(5,6)1-2-7;29*2-1(3)4/h7H,1-2H2;29*1H. The number of halogens is 90. The molecule has 1 N–H and O–H groups in total. The van der Waals surface area contributed by atoms with Crippen LogP contribution in [0.4, 0.5) is 0 Å². The van der Waals surface area contributed by atoms with E-state index in [0.29, 0.717) is 0 Å². The molecule has 0 saturated heterocycles. The van der Waals surface area contributed by atoms with Crippen LogP contribution in [0.5, 0.6) is 0 Å². The van der Waals surface area contributed by atoms with Crippen LogP contribution >= 0.6 is 1040 Å². The Morgan fingerprint density at radius 3 is 0.122 bits per heavy atom. The summed E-state index contributed by atoms with van der Waals surface area (Å²) in [5.41, 5.74) is 0. The average Bonchev–Trinajstić information content (AvgIpc) is 1.01. The van der Waals surface area contributed by atoms with Crippen molar-refractivity contribution in [2.75, 3.05) is 6.61 Å². The van der Waals surface area contributed by atoms with Crippen molar-refractivity contribution in [2.24, 2.45) is 0 Å². The Morgan fingerprint density at radius 1 is 0.0976 bits per heavy atom. The Labute approximate surface area is 1170 Å². The average molecular weight is 3630 g/mol. The summed E-state index contributed by atoms with van der Waals surface area (Å²) in [7, 11) is 0. The van der Waals surface area contributed by atoms with Gasteiger partial charge in [-0.05, 0) is 0 Å². The van der Waals surface area contributed by atoms with Gasteiger partial charge in [-0.1, -0.05) is 1040 Å². The molecule has 0 aliphatic rings. The first kappa shape index (κ1) is 231. The third-order valence-electron chi connectivity index (χ3n) is 0.395. The van der Waals surface area contributed by atoms with Crippen molar-refractivity contribution in [3.63, 3.8) is 0 Å². The molecule has 0 aliphatic carbocycles. The van der Waals surface area contributed by atoms with Gasteiger partial charge < -0.3 is 5.11 Å². The lowest BCUT2D eigenvalue weighted by Crippen LogP contribution is -2.03. The predicted molar refractivity (Wildman–Crippen MR) is 651 cm³/mol. The second-order valence-corrected chi connectivity index (χ2v) is 68.2. The van der Waals surface area contributed by atoms with Crippen LogP contribution in [0.2, 0.25) is 0 Å². The SMILES string of the molecule is ClC(Cl)Cl.ClC(Cl)Cl.ClC(Cl)Cl.ClC(Cl)Cl.ClC(Cl)Cl.ClC(Cl)Cl.ClC(Cl)Cl.ClC(Cl)Cl.ClC(Cl)Cl.ClC(Cl)Cl.ClC(Cl)Cl.ClC(Cl)Cl.ClC(Cl)Cl.ClC(Cl)Cl.ClC(Cl)Cl.ClC(Cl)Cl.ClC(Cl)Cl.ClC(Cl)Cl.ClC(Cl)Cl.ClC(Cl)Cl.ClC(Cl)Cl.ClC(Cl)Cl.ClC(Cl)Cl.ClC(Cl)Cl.ClC(Cl)Cl.ClC(Cl)Cl.ClC(Cl)Cl.ClC(Cl)Cl.ClC(Cl)Cl.OCCC(Cl)(Cl)Cl. The Bertz CT molecular complexity index is 788. The van der Waals surface area contributed by atoms with Gasteiger partial charge in [-0.3, -0.25) is 0 Å². The van der Waals surface area contributed by atoms with Crippen molar-refractivity contribution in [3.8, 4) is 0 Å². The van der Waals surface area contributed by atoms with E-state index in [1.54, 1.807) is 0 Å². The molecular formula is C32H34Cl90O. The maximum atomic E-state index is 8.15. The monoisotopic (exact) mass is 3580 g/mol.